The fraction of sp³-hybridized carbons (Fsp3) is 0.176. The zero-order valence-electron chi connectivity index (χ0n) is 12.9. The Bertz CT molecular complexity index is 815. The first kappa shape index (κ1) is 15.3. The molecule has 1 amide bonds. The molecule has 0 aliphatic heterocycles. The highest BCUT2D eigenvalue weighted by Crippen LogP contribution is 2.16. The zero-order chi connectivity index (χ0) is 16.2. The van der Waals surface area contributed by atoms with E-state index in [1.807, 2.05) is 43.5 Å². The van der Waals surface area contributed by atoms with E-state index in [2.05, 4.69) is 15.1 Å². The maximum atomic E-state index is 11.8. The van der Waals surface area contributed by atoms with E-state index in [0.29, 0.717) is 11.4 Å². The fourth-order valence-corrected chi connectivity index (χ4v) is 3.00. The van der Waals surface area contributed by atoms with Gasteiger partial charge in [-0.1, -0.05) is 6.07 Å². The van der Waals surface area contributed by atoms with Crippen molar-refractivity contribution in [1.29, 1.82) is 0 Å². The molecular formula is C17H17N3O2S. The Morgan fingerprint density at radius 2 is 2.26 bits per heavy atom. The Morgan fingerprint density at radius 3 is 2.96 bits per heavy atom. The van der Waals surface area contributed by atoms with Crippen molar-refractivity contribution in [3.05, 3.63) is 69.6 Å². The number of rotatable bonds is 5. The molecule has 23 heavy (non-hydrogen) atoms. The van der Waals surface area contributed by atoms with Crippen LogP contribution in [0.3, 0.4) is 0 Å². The summed E-state index contributed by atoms with van der Waals surface area (Å²) in [7, 11) is 0. The third-order valence-corrected chi connectivity index (χ3v) is 4.49. The molecule has 5 nitrogen and oxygen atoms in total. The first-order chi connectivity index (χ1) is 11.1. The van der Waals surface area contributed by atoms with Crippen molar-refractivity contribution in [2.24, 2.45) is 5.10 Å². The number of carbonyl (C=O) groups is 1. The van der Waals surface area contributed by atoms with Gasteiger partial charge in [-0.15, -0.1) is 11.3 Å². The number of nitrogens with zero attached hydrogens (tertiary/aromatic N) is 2. The second-order valence-electron chi connectivity index (χ2n) is 5.17. The molecule has 0 fully saturated rings. The average Bonchev–Trinajstić information content (AvgIpc) is 3.26. The van der Waals surface area contributed by atoms with E-state index >= 15 is 0 Å². The highest BCUT2D eigenvalue weighted by Gasteiger charge is 2.09. The van der Waals surface area contributed by atoms with Crippen LogP contribution in [0.1, 0.15) is 32.4 Å². The summed E-state index contributed by atoms with van der Waals surface area (Å²) in [5, 5.41) is 5.92. The molecule has 0 bridgehead atoms. The van der Waals surface area contributed by atoms with E-state index in [0.717, 1.165) is 22.7 Å². The lowest BCUT2D eigenvalue weighted by Gasteiger charge is -2.07. The first-order valence-electron chi connectivity index (χ1n) is 7.21. The van der Waals surface area contributed by atoms with Crippen LogP contribution in [0.2, 0.25) is 0 Å². The van der Waals surface area contributed by atoms with Crippen molar-refractivity contribution in [3.63, 3.8) is 0 Å². The number of hydrogen-bond acceptors (Lipinski definition) is 4. The Morgan fingerprint density at radius 1 is 1.39 bits per heavy atom. The standard InChI is InChI=1S/C17H17N3O2S/c1-12-9-14(10-18-19-17(21)16-6-4-8-23-16)13(2)20(12)11-15-5-3-7-22-15/h3-10H,11H2,1-2H3,(H,19,21)/b18-10-. The highest BCUT2D eigenvalue weighted by atomic mass is 32.1. The van der Waals surface area contributed by atoms with Crippen molar-refractivity contribution in [1.82, 2.24) is 9.99 Å². The smallest absolute Gasteiger partial charge is 0.281 e. The number of aryl methyl sites for hydroxylation is 1. The quantitative estimate of drug-likeness (QED) is 0.575. The van der Waals surface area contributed by atoms with Crippen LogP contribution in [0.4, 0.5) is 0 Å². The van der Waals surface area contributed by atoms with Crippen LogP contribution in [0.15, 0.2) is 51.5 Å². The van der Waals surface area contributed by atoms with Crippen molar-refractivity contribution < 1.29 is 9.21 Å². The predicted molar refractivity (Wildman–Crippen MR) is 91.1 cm³/mol. The Kier molecular flexibility index (Phi) is 4.43. The zero-order valence-corrected chi connectivity index (χ0v) is 13.8. The molecule has 3 aromatic rings. The third-order valence-electron chi connectivity index (χ3n) is 3.62. The van der Waals surface area contributed by atoms with Gasteiger partial charge in [-0.25, -0.2) is 5.43 Å². The van der Waals surface area contributed by atoms with Gasteiger partial charge in [0.05, 0.1) is 23.9 Å². The summed E-state index contributed by atoms with van der Waals surface area (Å²) in [6, 6.07) is 9.48. The Hall–Kier alpha value is -2.60. The number of hydrogen-bond donors (Lipinski definition) is 1. The van der Waals surface area contributed by atoms with Crippen LogP contribution in [-0.4, -0.2) is 16.7 Å². The number of hydrazone groups is 1. The molecule has 0 spiro atoms. The van der Waals surface area contributed by atoms with Gasteiger partial charge in [-0.2, -0.15) is 5.10 Å². The fourth-order valence-electron chi connectivity index (χ4n) is 2.38. The van der Waals surface area contributed by atoms with Gasteiger partial charge in [-0.05, 0) is 43.5 Å². The topological polar surface area (TPSA) is 59.5 Å². The van der Waals surface area contributed by atoms with Crippen molar-refractivity contribution in [2.75, 3.05) is 0 Å². The van der Waals surface area contributed by atoms with Crippen molar-refractivity contribution in [2.45, 2.75) is 20.4 Å². The minimum atomic E-state index is -0.194. The molecule has 1 N–H and O–H groups in total. The summed E-state index contributed by atoms with van der Waals surface area (Å²) in [4.78, 5) is 12.5. The summed E-state index contributed by atoms with van der Waals surface area (Å²) in [6.07, 6.45) is 3.35. The van der Waals surface area contributed by atoms with Crippen LogP contribution >= 0.6 is 11.3 Å². The van der Waals surface area contributed by atoms with Gasteiger partial charge in [0.1, 0.15) is 5.76 Å². The molecule has 3 heterocycles. The van der Waals surface area contributed by atoms with E-state index in [1.165, 1.54) is 11.3 Å². The maximum absolute atomic E-state index is 11.8. The molecule has 0 aliphatic rings. The normalized spacial score (nSPS) is 11.2. The van der Waals surface area contributed by atoms with Gasteiger partial charge in [0.15, 0.2) is 0 Å². The average molecular weight is 327 g/mol. The summed E-state index contributed by atoms with van der Waals surface area (Å²) < 4.78 is 7.55. The second kappa shape index (κ2) is 6.66. The second-order valence-corrected chi connectivity index (χ2v) is 6.12. The van der Waals surface area contributed by atoms with E-state index in [9.17, 15) is 4.79 Å². The lowest BCUT2D eigenvalue weighted by Crippen LogP contribution is -2.16. The molecule has 0 saturated heterocycles. The number of aromatic nitrogens is 1. The van der Waals surface area contributed by atoms with Gasteiger partial charge < -0.3 is 8.98 Å². The van der Waals surface area contributed by atoms with Gasteiger partial charge in [0, 0.05) is 17.0 Å². The van der Waals surface area contributed by atoms with E-state index in [1.54, 1.807) is 18.5 Å². The monoisotopic (exact) mass is 327 g/mol. The number of nitrogens with one attached hydrogen (secondary N) is 1. The van der Waals surface area contributed by atoms with Crippen LogP contribution < -0.4 is 5.43 Å². The minimum Gasteiger partial charge on any atom is -0.467 e. The molecule has 0 atom stereocenters. The van der Waals surface area contributed by atoms with E-state index in [4.69, 9.17) is 4.42 Å². The minimum absolute atomic E-state index is 0.194. The van der Waals surface area contributed by atoms with Gasteiger partial charge in [-0.3, -0.25) is 4.79 Å². The summed E-state index contributed by atoms with van der Waals surface area (Å²) in [5.74, 6) is 0.710. The third kappa shape index (κ3) is 3.43. The number of amides is 1. The largest absolute Gasteiger partial charge is 0.467 e. The lowest BCUT2D eigenvalue weighted by atomic mass is 10.3. The molecule has 6 heteroatoms. The molecule has 0 aromatic carbocycles. The van der Waals surface area contributed by atoms with Gasteiger partial charge in [0.2, 0.25) is 0 Å². The predicted octanol–water partition coefficient (Wildman–Crippen LogP) is 3.57. The lowest BCUT2D eigenvalue weighted by molar-refractivity contribution is 0.0959. The molecule has 0 unspecified atom stereocenters. The number of carbonyl (C=O) groups excluding carboxylic acids is 1. The summed E-state index contributed by atoms with van der Waals surface area (Å²) in [6.45, 7) is 4.75. The van der Waals surface area contributed by atoms with Gasteiger partial charge >= 0.3 is 0 Å². The first-order valence-corrected chi connectivity index (χ1v) is 8.09. The molecular weight excluding hydrogens is 310 g/mol. The number of furan rings is 1. The van der Waals surface area contributed by atoms with Crippen molar-refractivity contribution >= 4 is 23.5 Å². The molecule has 118 valence electrons. The molecule has 3 rings (SSSR count). The maximum Gasteiger partial charge on any atom is 0.281 e. The SMILES string of the molecule is Cc1cc(/C=N\NC(=O)c2cccs2)c(C)n1Cc1ccco1. The molecule has 0 saturated carbocycles. The van der Waals surface area contributed by atoms with E-state index in [-0.39, 0.29) is 5.91 Å². The van der Waals surface area contributed by atoms with Crippen LogP contribution in [0.5, 0.6) is 0 Å². The Balaban J connectivity index is 1.71. The summed E-state index contributed by atoms with van der Waals surface area (Å²) in [5.41, 5.74) is 5.71. The molecule has 0 radical (unpaired) electrons. The van der Waals surface area contributed by atoms with Crippen LogP contribution in [0, 0.1) is 13.8 Å². The van der Waals surface area contributed by atoms with Crippen LogP contribution in [0.25, 0.3) is 0 Å². The molecule has 0 aliphatic carbocycles. The number of thiophene rings is 1. The van der Waals surface area contributed by atoms with E-state index < -0.39 is 0 Å². The summed E-state index contributed by atoms with van der Waals surface area (Å²) >= 11 is 1.39. The van der Waals surface area contributed by atoms with Crippen molar-refractivity contribution in [3.8, 4) is 0 Å². The van der Waals surface area contributed by atoms with Crippen LogP contribution in [-0.2, 0) is 6.54 Å². The highest BCUT2D eigenvalue weighted by molar-refractivity contribution is 7.12. The van der Waals surface area contributed by atoms with Gasteiger partial charge in [0.25, 0.3) is 5.91 Å². The Labute approximate surface area is 138 Å². The molecule has 3 aromatic heterocycles.